The van der Waals surface area contributed by atoms with Crippen LogP contribution in [0.25, 0.3) is 0 Å². The van der Waals surface area contributed by atoms with E-state index >= 15 is 0 Å². The van der Waals surface area contributed by atoms with Crippen molar-refractivity contribution in [3.05, 3.63) is 83.3 Å². The van der Waals surface area contributed by atoms with Gasteiger partial charge >= 0.3 is 0 Å². The Hall–Kier alpha value is -3.72. The zero-order chi connectivity index (χ0) is 18.6. The standard InChI is InChI=1S/C21H17N5O/c22-11-15-5-7-18(8-6-15)25-20-13-23-19(12-24-20)21(27)26-10-9-16-3-1-2-4-17(16)14-26/h1-8,12-13H,9-10,14H2,(H,24,25). The van der Waals surface area contributed by atoms with Gasteiger partial charge < -0.3 is 10.2 Å². The van der Waals surface area contributed by atoms with Gasteiger partial charge in [0.2, 0.25) is 0 Å². The highest BCUT2D eigenvalue weighted by Crippen LogP contribution is 2.20. The molecule has 0 saturated heterocycles. The molecule has 6 nitrogen and oxygen atoms in total. The molecule has 27 heavy (non-hydrogen) atoms. The first-order valence-corrected chi connectivity index (χ1v) is 8.68. The summed E-state index contributed by atoms with van der Waals surface area (Å²) >= 11 is 0. The summed E-state index contributed by atoms with van der Waals surface area (Å²) in [5, 5.41) is 11.9. The van der Waals surface area contributed by atoms with E-state index in [1.54, 1.807) is 35.4 Å². The van der Waals surface area contributed by atoms with Crippen LogP contribution < -0.4 is 5.32 Å². The second-order valence-corrected chi connectivity index (χ2v) is 6.35. The van der Waals surface area contributed by atoms with Crippen LogP contribution in [0, 0.1) is 11.3 Å². The molecule has 1 amide bonds. The highest BCUT2D eigenvalue weighted by atomic mass is 16.2. The van der Waals surface area contributed by atoms with Crippen LogP contribution in [-0.2, 0) is 13.0 Å². The number of nitrogens with zero attached hydrogens (tertiary/aromatic N) is 4. The van der Waals surface area contributed by atoms with E-state index in [9.17, 15) is 4.79 Å². The largest absolute Gasteiger partial charge is 0.339 e. The van der Waals surface area contributed by atoms with Crippen molar-refractivity contribution in [1.29, 1.82) is 5.26 Å². The number of nitriles is 1. The Balaban J connectivity index is 1.44. The lowest BCUT2D eigenvalue weighted by Gasteiger charge is -2.28. The average molecular weight is 355 g/mol. The van der Waals surface area contributed by atoms with Crippen molar-refractivity contribution in [2.75, 3.05) is 11.9 Å². The topological polar surface area (TPSA) is 81.9 Å². The first-order valence-electron chi connectivity index (χ1n) is 8.68. The summed E-state index contributed by atoms with van der Waals surface area (Å²) < 4.78 is 0. The van der Waals surface area contributed by atoms with Crippen LogP contribution in [0.15, 0.2) is 60.9 Å². The fourth-order valence-electron chi connectivity index (χ4n) is 3.11. The quantitative estimate of drug-likeness (QED) is 0.779. The van der Waals surface area contributed by atoms with E-state index in [-0.39, 0.29) is 5.91 Å². The third kappa shape index (κ3) is 3.62. The van der Waals surface area contributed by atoms with Gasteiger partial charge in [-0.25, -0.2) is 9.97 Å². The van der Waals surface area contributed by atoms with E-state index in [4.69, 9.17) is 5.26 Å². The van der Waals surface area contributed by atoms with Gasteiger partial charge in [-0.3, -0.25) is 4.79 Å². The highest BCUT2D eigenvalue weighted by Gasteiger charge is 2.22. The molecule has 0 aliphatic carbocycles. The number of nitrogens with one attached hydrogen (secondary N) is 1. The molecular formula is C21H17N5O. The first-order chi connectivity index (χ1) is 13.2. The minimum atomic E-state index is -0.109. The molecule has 0 atom stereocenters. The zero-order valence-corrected chi connectivity index (χ0v) is 14.6. The summed E-state index contributed by atoms with van der Waals surface area (Å²) in [7, 11) is 0. The van der Waals surface area contributed by atoms with Crippen LogP contribution in [-0.4, -0.2) is 27.3 Å². The van der Waals surface area contributed by atoms with E-state index in [0.29, 0.717) is 30.2 Å². The van der Waals surface area contributed by atoms with Crippen molar-refractivity contribution >= 4 is 17.4 Å². The van der Waals surface area contributed by atoms with Crippen LogP contribution in [0.1, 0.15) is 27.2 Å². The summed E-state index contributed by atoms with van der Waals surface area (Å²) in [6.07, 6.45) is 3.89. The van der Waals surface area contributed by atoms with Crippen LogP contribution in [0.4, 0.5) is 11.5 Å². The molecule has 1 N–H and O–H groups in total. The Kier molecular flexibility index (Phi) is 4.50. The number of fused-ring (bicyclic) bond motifs is 1. The smallest absolute Gasteiger partial charge is 0.274 e. The third-order valence-electron chi connectivity index (χ3n) is 4.58. The number of aromatic nitrogens is 2. The van der Waals surface area contributed by atoms with Gasteiger partial charge in [0, 0.05) is 18.8 Å². The highest BCUT2D eigenvalue weighted by molar-refractivity contribution is 5.92. The summed E-state index contributed by atoms with van der Waals surface area (Å²) in [6.45, 7) is 1.28. The van der Waals surface area contributed by atoms with Crippen molar-refractivity contribution in [3.8, 4) is 6.07 Å². The molecule has 0 fully saturated rings. The number of amides is 1. The molecule has 0 radical (unpaired) electrons. The van der Waals surface area contributed by atoms with Gasteiger partial charge in [-0.1, -0.05) is 24.3 Å². The van der Waals surface area contributed by atoms with Crippen molar-refractivity contribution < 1.29 is 4.79 Å². The maximum Gasteiger partial charge on any atom is 0.274 e. The number of hydrogen-bond donors (Lipinski definition) is 1. The number of carbonyl (C=O) groups is 1. The zero-order valence-electron chi connectivity index (χ0n) is 14.6. The Bertz CT molecular complexity index is 1010. The molecule has 132 valence electrons. The molecule has 0 saturated carbocycles. The van der Waals surface area contributed by atoms with E-state index < -0.39 is 0 Å². The van der Waals surface area contributed by atoms with E-state index in [1.807, 2.05) is 12.1 Å². The van der Waals surface area contributed by atoms with Crippen molar-refractivity contribution in [3.63, 3.8) is 0 Å². The van der Waals surface area contributed by atoms with E-state index in [0.717, 1.165) is 12.1 Å². The van der Waals surface area contributed by atoms with Crippen molar-refractivity contribution in [2.45, 2.75) is 13.0 Å². The molecular weight excluding hydrogens is 338 g/mol. The third-order valence-corrected chi connectivity index (χ3v) is 4.58. The monoisotopic (exact) mass is 355 g/mol. The molecule has 4 rings (SSSR count). The van der Waals surface area contributed by atoms with Gasteiger partial charge in [0.15, 0.2) is 0 Å². The molecule has 3 aromatic rings. The van der Waals surface area contributed by atoms with Crippen LogP contribution in [0.3, 0.4) is 0 Å². The lowest BCUT2D eigenvalue weighted by Crippen LogP contribution is -2.36. The van der Waals surface area contributed by atoms with Crippen molar-refractivity contribution in [2.24, 2.45) is 0 Å². The SMILES string of the molecule is N#Cc1ccc(Nc2cnc(C(=O)N3CCc4ccccc4C3)cn2)cc1. The van der Waals surface area contributed by atoms with Gasteiger partial charge in [0.1, 0.15) is 11.5 Å². The molecule has 0 spiro atoms. The Morgan fingerprint density at radius 2 is 1.81 bits per heavy atom. The molecule has 6 heteroatoms. The molecule has 2 aromatic carbocycles. The average Bonchev–Trinajstić information content (AvgIpc) is 2.74. The number of anilines is 2. The number of carbonyl (C=O) groups excluding carboxylic acids is 1. The summed E-state index contributed by atoms with van der Waals surface area (Å²) in [4.78, 5) is 23.1. The van der Waals surface area contributed by atoms with Gasteiger partial charge in [0.05, 0.1) is 24.0 Å². The van der Waals surface area contributed by atoms with E-state index in [2.05, 4.69) is 33.5 Å². The van der Waals surface area contributed by atoms with Crippen LogP contribution in [0.2, 0.25) is 0 Å². The minimum Gasteiger partial charge on any atom is -0.339 e. The predicted molar refractivity (Wildman–Crippen MR) is 101 cm³/mol. The molecule has 0 bridgehead atoms. The van der Waals surface area contributed by atoms with Crippen LogP contribution >= 0.6 is 0 Å². The Morgan fingerprint density at radius 1 is 1.04 bits per heavy atom. The van der Waals surface area contributed by atoms with Gasteiger partial charge in [-0.15, -0.1) is 0 Å². The van der Waals surface area contributed by atoms with E-state index in [1.165, 1.54) is 17.3 Å². The summed E-state index contributed by atoms with van der Waals surface area (Å²) in [6, 6.07) is 17.3. The maximum atomic E-state index is 12.7. The lowest BCUT2D eigenvalue weighted by molar-refractivity contribution is 0.0728. The number of benzene rings is 2. The number of hydrogen-bond acceptors (Lipinski definition) is 5. The predicted octanol–water partition coefficient (Wildman–Crippen LogP) is 3.29. The molecule has 2 heterocycles. The molecule has 1 aliphatic rings. The number of rotatable bonds is 3. The second-order valence-electron chi connectivity index (χ2n) is 6.35. The summed E-state index contributed by atoms with van der Waals surface area (Å²) in [5.74, 6) is 0.433. The Labute approximate surface area is 157 Å². The van der Waals surface area contributed by atoms with Crippen LogP contribution in [0.5, 0.6) is 0 Å². The fourth-order valence-corrected chi connectivity index (χ4v) is 3.11. The first kappa shape index (κ1) is 16.7. The van der Waals surface area contributed by atoms with Gasteiger partial charge in [0.25, 0.3) is 5.91 Å². The normalized spacial score (nSPS) is 12.8. The van der Waals surface area contributed by atoms with Gasteiger partial charge in [-0.05, 0) is 41.8 Å². The molecule has 1 aromatic heterocycles. The summed E-state index contributed by atoms with van der Waals surface area (Å²) in [5.41, 5.74) is 4.21. The second kappa shape index (κ2) is 7.26. The minimum absolute atomic E-state index is 0.109. The fraction of sp³-hybridized carbons (Fsp3) is 0.143. The van der Waals surface area contributed by atoms with Gasteiger partial charge in [-0.2, -0.15) is 5.26 Å². The Morgan fingerprint density at radius 3 is 2.52 bits per heavy atom. The molecule has 1 aliphatic heterocycles. The lowest BCUT2D eigenvalue weighted by atomic mass is 10.00. The molecule has 0 unspecified atom stereocenters. The van der Waals surface area contributed by atoms with Crippen molar-refractivity contribution in [1.82, 2.24) is 14.9 Å². The maximum absolute atomic E-state index is 12.7.